The molecule has 0 aliphatic heterocycles. The number of para-hydroxylation sites is 1. The van der Waals surface area contributed by atoms with Crippen LogP contribution in [0.2, 0.25) is 0 Å². The first kappa shape index (κ1) is 24.9. The first-order chi connectivity index (χ1) is 14.5. The minimum Gasteiger partial charge on any atom is -0.357 e. The van der Waals surface area contributed by atoms with E-state index in [0.717, 1.165) is 60.3 Å². The molecule has 3 aromatic rings. The molecule has 168 valence electrons. The standard InChI is InChI=1S/C23H33N7.HI/c1-6-24-23(25-12-9-13-29-19(4)14-17(2)27-29)26-16-21-10-7-8-11-22(21)30-20(5)15-18(3)28-30;/h7-8,10-11,14-15H,6,9,12-13,16H2,1-5H3,(H2,24,25,26);1H. The van der Waals surface area contributed by atoms with E-state index in [1.807, 2.05) is 24.6 Å². The van der Waals surface area contributed by atoms with Gasteiger partial charge in [-0.3, -0.25) is 4.68 Å². The van der Waals surface area contributed by atoms with E-state index in [0.29, 0.717) is 6.54 Å². The number of hydrogen-bond acceptors (Lipinski definition) is 3. The molecule has 8 heteroatoms. The zero-order valence-corrected chi connectivity index (χ0v) is 21.5. The third kappa shape index (κ3) is 6.81. The van der Waals surface area contributed by atoms with Gasteiger partial charge in [0.15, 0.2) is 5.96 Å². The maximum atomic E-state index is 4.80. The topological polar surface area (TPSA) is 72.1 Å². The Morgan fingerprint density at radius 2 is 1.68 bits per heavy atom. The molecular weight excluding hydrogens is 501 g/mol. The number of guanidine groups is 1. The van der Waals surface area contributed by atoms with E-state index >= 15 is 0 Å². The summed E-state index contributed by atoms with van der Waals surface area (Å²) in [7, 11) is 0. The van der Waals surface area contributed by atoms with Crippen LogP contribution >= 0.6 is 24.0 Å². The first-order valence-electron chi connectivity index (χ1n) is 10.6. The van der Waals surface area contributed by atoms with Crippen molar-refractivity contribution in [3.63, 3.8) is 0 Å². The van der Waals surface area contributed by atoms with Crippen LogP contribution in [0.4, 0.5) is 0 Å². The van der Waals surface area contributed by atoms with Crippen LogP contribution in [0.25, 0.3) is 5.69 Å². The summed E-state index contributed by atoms with van der Waals surface area (Å²) in [6.45, 7) is 13.4. The lowest BCUT2D eigenvalue weighted by Gasteiger charge is -2.13. The second-order valence-electron chi connectivity index (χ2n) is 7.59. The van der Waals surface area contributed by atoms with Crippen molar-refractivity contribution >= 4 is 29.9 Å². The average Bonchev–Trinajstić information content (AvgIpc) is 3.22. The van der Waals surface area contributed by atoms with E-state index in [-0.39, 0.29) is 24.0 Å². The minimum atomic E-state index is 0. The maximum absolute atomic E-state index is 4.80. The fourth-order valence-corrected chi connectivity index (χ4v) is 3.57. The summed E-state index contributed by atoms with van der Waals surface area (Å²) in [5.41, 5.74) is 6.63. The van der Waals surface area contributed by atoms with Gasteiger partial charge >= 0.3 is 0 Å². The Hall–Kier alpha value is -2.36. The molecule has 3 rings (SSSR count). The quantitative estimate of drug-likeness (QED) is 0.198. The van der Waals surface area contributed by atoms with Gasteiger partial charge < -0.3 is 10.6 Å². The van der Waals surface area contributed by atoms with Gasteiger partial charge in [0.25, 0.3) is 0 Å². The second-order valence-corrected chi connectivity index (χ2v) is 7.59. The number of aromatic nitrogens is 4. The number of nitrogens with zero attached hydrogens (tertiary/aromatic N) is 5. The van der Waals surface area contributed by atoms with Gasteiger partial charge in [-0.2, -0.15) is 10.2 Å². The Morgan fingerprint density at radius 1 is 0.968 bits per heavy atom. The van der Waals surface area contributed by atoms with Gasteiger partial charge in [-0.15, -0.1) is 24.0 Å². The Labute approximate surface area is 202 Å². The summed E-state index contributed by atoms with van der Waals surface area (Å²) < 4.78 is 4.06. The zero-order chi connectivity index (χ0) is 21.5. The molecule has 0 atom stereocenters. The lowest BCUT2D eigenvalue weighted by molar-refractivity contribution is 0.555. The van der Waals surface area contributed by atoms with E-state index < -0.39 is 0 Å². The van der Waals surface area contributed by atoms with Crippen molar-refractivity contribution in [2.24, 2.45) is 4.99 Å². The van der Waals surface area contributed by atoms with Crippen molar-refractivity contribution in [3.8, 4) is 5.69 Å². The van der Waals surface area contributed by atoms with Gasteiger partial charge in [0.05, 0.1) is 23.6 Å². The maximum Gasteiger partial charge on any atom is 0.191 e. The van der Waals surface area contributed by atoms with Crippen LogP contribution in [0.1, 0.15) is 41.7 Å². The third-order valence-electron chi connectivity index (χ3n) is 4.92. The number of benzene rings is 1. The molecule has 0 spiro atoms. The SMILES string of the molecule is CCNC(=NCc1ccccc1-n1nc(C)cc1C)NCCCn1nc(C)cc1C.I. The van der Waals surface area contributed by atoms with E-state index in [9.17, 15) is 0 Å². The fraction of sp³-hybridized carbons (Fsp3) is 0.435. The number of nitrogens with one attached hydrogen (secondary N) is 2. The number of hydrogen-bond donors (Lipinski definition) is 2. The van der Waals surface area contributed by atoms with Crippen LogP contribution in [0.3, 0.4) is 0 Å². The molecule has 1 aromatic carbocycles. The average molecular weight is 535 g/mol. The molecule has 0 saturated heterocycles. The second kappa shape index (κ2) is 11.9. The highest BCUT2D eigenvalue weighted by molar-refractivity contribution is 14.0. The van der Waals surface area contributed by atoms with E-state index in [1.54, 1.807) is 0 Å². The molecule has 7 nitrogen and oxygen atoms in total. The molecule has 31 heavy (non-hydrogen) atoms. The van der Waals surface area contributed by atoms with Crippen molar-refractivity contribution in [3.05, 3.63) is 64.7 Å². The summed E-state index contributed by atoms with van der Waals surface area (Å²) >= 11 is 0. The Balaban J connectivity index is 0.00000341. The Kier molecular flexibility index (Phi) is 9.54. The molecular formula is C23H34IN7. The van der Waals surface area contributed by atoms with E-state index in [2.05, 4.69) is 76.6 Å². The van der Waals surface area contributed by atoms with Gasteiger partial charge in [-0.25, -0.2) is 9.67 Å². The van der Waals surface area contributed by atoms with Crippen molar-refractivity contribution in [2.45, 2.75) is 54.1 Å². The predicted octanol–water partition coefficient (Wildman–Crippen LogP) is 4.07. The van der Waals surface area contributed by atoms with Crippen molar-refractivity contribution < 1.29 is 0 Å². The monoisotopic (exact) mass is 535 g/mol. The molecule has 0 aliphatic carbocycles. The predicted molar refractivity (Wildman–Crippen MR) is 138 cm³/mol. The lowest BCUT2D eigenvalue weighted by Crippen LogP contribution is -2.38. The molecule has 0 amide bonds. The number of rotatable bonds is 8. The highest BCUT2D eigenvalue weighted by atomic mass is 127. The molecule has 0 bridgehead atoms. The molecule has 0 unspecified atom stereocenters. The van der Waals surface area contributed by atoms with Crippen molar-refractivity contribution in [1.29, 1.82) is 0 Å². The first-order valence-corrected chi connectivity index (χ1v) is 10.6. The lowest BCUT2D eigenvalue weighted by atomic mass is 10.2. The molecule has 0 saturated carbocycles. The normalized spacial score (nSPS) is 11.3. The summed E-state index contributed by atoms with van der Waals surface area (Å²) in [6.07, 6.45) is 0.981. The van der Waals surface area contributed by atoms with Crippen LogP contribution in [0, 0.1) is 27.7 Å². The van der Waals surface area contributed by atoms with Crippen LogP contribution in [0.5, 0.6) is 0 Å². The van der Waals surface area contributed by atoms with Gasteiger partial charge in [-0.05, 0) is 64.8 Å². The Morgan fingerprint density at radius 3 is 2.32 bits per heavy atom. The van der Waals surface area contributed by atoms with Crippen LogP contribution < -0.4 is 10.6 Å². The smallest absolute Gasteiger partial charge is 0.191 e. The zero-order valence-electron chi connectivity index (χ0n) is 19.1. The van der Waals surface area contributed by atoms with Gasteiger partial charge in [0.2, 0.25) is 0 Å². The summed E-state index contributed by atoms with van der Waals surface area (Å²) in [5.74, 6) is 0.828. The molecule has 0 radical (unpaired) electrons. The van der Waals surface area contributed by atoms with Crippen LogP contribution in [-0.4, -0.2) is 38.6 Å². The minimum absolute atomic E-state index is 0. The molecule has 2 aromatic heterocycles. The third-order valence-corrected chi connectivity index (χ3v) is 4.92. The fourth-order valence-electron chi connectivity index (χ4n) is 3.57. The number of aryl methyl sites for hydroxylation is 5. The van der Waals surface area contributed by atoms with Gasteiger partial charge in [-0.1, -0.05) is 18.2 Å². The number of aliphatic imine (C=N–C) groups is 1. The molecule has 0 fully saturated rings. The van der Waals surface area contributed by atoms with Crippen molar-refractivity contribution in [2.75, 3.05) is 13.1 Å². The Bertz CT molecular complexity index is 1000. The van der Waals surface area contributed by atoms with Crippen molar-refractivity contribution in [1.82, 2.24) is 30.2 Å². The van der Waals surface area contributed by atoms with E-state index in [1.165, 1.54) is 5.69 Å². The highest BCUT2D eigenvalue weighted by Crippen LogP contribution is 2.17. The largest absolute Gasteiger partial charge is 0.357 e. The summed E-state index contributed by atoms with van der Waals surface area (Å²) in [4.78, 5) is 4.80. The van der Waals surface area contributed by atoms with Gasteiger partial charge in [0, 0.05) is 31.0 Å². The molecule has 0 aliphatic rings. The molecule has 2 heterocycles. The summed E-state index contributed by atoms with van der Waals surface area (Å²) in [6, 6.07) is 12.5. The van der Waals surface area contributed by atoms with Crippen LogP contribution in [-0.2, 0) is 13.1 Å². The molecule has 2 N–H and O–H groups in total. The highest BCUT2D eigenvalue weighted by Gasteiger charge is 2.09. The van der Waals surface area contributed by atoms with Gasteiger partial charge in [0.1, 0.15) is 0 Å². The van der Waals surface area contributed by atoms with E-state index in [4.69, 9.17) is 4.99 Å². The summed E-state index contributed by atoms with van der Waals surface area (Å²) in [5, 5.41) is 15.9. The number of halogens is 1. The van der Waals surface area contributed by atoms with Crippen LogP contribution in [0.15, 0.2) is 41.4 Å².